The number of anilines is 1. The van der Waals surface area contributed by atoms with Gasteiger partial charge in [0, 0.05) is 33.4 Å². The zero-order valence-corrected chi connectivity index (χ0v) is 17.9. The molecule has 1 aromatic heterocycles. The van der Waals surface area contributed by atoms with Crippen LogP contribution in [0.3, 0.4) is 0 Å². The first-order valence-corrected chi connectivity index (χ1v) is 10.5. The first-order chi connectivity index (χ1) is 14.6. The average molecular weight is 460 g/mol. The fourth-order valence-corrected chi connectivity index (χ4v) is 4.14. The lowest BCUT2D eigenvalue weighted by atomic mass is 10.1. The van der Waals surface area contributed by atoms with Crippen LogP contribution in [-0.4, -0.2) is 22.6 Å². The van der Waals surface area contributed by atoms with Gasteiger partial charge in [0.2, 0.25) is 11.8 Å². The van der Waals surface area contributed by atoms with E-state index in [0.29, 0.717) is 23.9 Å². The molecule has 1 aliphatic rings. The van der Waals surface area contributed by atoms with E-state index in [1.165, 1.54) is 5.56 Å². The van der Waals surface area contributed by atoms with E-state index >= 15 is 0 Å². The fraction of sp³-hybridized carbons (Fsp3) is 0.125. The number of hydrogen-bond acceptors (Lipinski definition) is 4. The van der Waals surface area contributed by atoms with Gasteiger partial charge in [-0.25, -0.2) is 0 Å². The van der Waals surface area contributed by atoms with Crippen LogP contribution in [0, 0.1) is 6.92 Å². The summed E-state index contributed by atoms with van der Waals surface area (Å²) in [4.78, 5) is 14.9. The number of amides is 1. The Balaban J connectivity index is 1.37. The molecule has 0 fully saturated rings. The number of halogens is 1. The van der Waals surface area contributed by atoms with Crippen molar-refractivity contribution in [2.75, 3.05) is 11.4 Å². The molecule has 30 heavy (non-hydrogen) atoms. The van der Waals surface area contributed by atoms with Crippen LogP contribution in [0.25, 0.3) is 22.9 Å². The fourth-order valence-electron chi connectivity index (χ4n) is 3.73. The summed E-state index contributed by atoms with van der Waals surface area (Å²) in [6.45, 7) is 2.71. The number of aromatic nitrogens is 2. The normalized spacial score (nSPS) is 12.8. The summed E-state index contributed by atoms with van der Waals surface area (Å²) in [6.07, 6.45) is 0.863. The number of benzene rings is 3. The third-order valence-corrected chi connectivity index (χ3v) is 5.74. The molecule has 0 unspecified atom stereocenters. The molecule has 1 amide bonds. The molecule has 6 heteroatoms. The maximum atomic E-state index is 13.0. The van der Waals surface area contributed by atoms with E-state index in [1.807, 2.05) is 72.5 Å². The third kappa shape index (κ3) is 3.44. The Morgan fingerprint density at radius 2 is 1.73 bits per heavy atom. The lowest BCUT2D eigenvalue weighted by Crippen LogP contribution is -2.28. The maximum absolute atomic E-state index is 13.0. The van der Waals surface area contributed by atoms with Crippen LogP contribution in [-0.2, 0) is 6.42 Å². The highest BCUT2D eigenvalue weighted by Crippen LogP contribution is 2.32. The molecule has 2 heterocycles. The van der Waals surface area contributed by atoms with Crippen LogP contribution >= 0.6 is 15.9 Å². The van der Waals surface area contributed by atoms with Crippen LogP contribution in [0.2, 0.25) is 0 Å². The van der Waals surface area contributed by atoms with Gasteiger partial charge in [-0.3, -0.25) is 4.79 Å². The number of hydrogen-bond donors (Lipinski definition) is 0. The van der Waals surface area contributed by atoms with Gasteiger partial charge in [-0.2, -0.15) is 0 Å². The Labute approximate surface area is 182 Å². The van der Waals surface area contributed by atoms with Gasteiger partial charge in [-0.05, 0) is 73.5 Å². The minimum Gasteiger partial charge on any atom is -0.416 e. The number of aryl methyl sites for hydroxylation is 1. The van der Waals surface area contributed by atoms with Gasteiger partial charge in [0.25, 0.3) is 5.91 Å². The number of carbonyl (C=O) groups excluding carboxylic acids is 1. The second-order valence-electron chi connectivity index (χ2n) is 7.34. The number of nitrogens with zero attached hydrogens (tertiary/aromatic N) is 3. The SMILES string of the molecule is Cc1cccc(-c2nnc(-c3ccc(C(=O)N4CCc5cc(Br)ccc54)cc3)o2)c1. The standard InChI is InChI=1S/C24H18BrN3O2/c1-15-3-2-4-19(13-15)23-27-26-22(30-23)16-5-7-17(8-6-16)24(29)28-12-11-18-14-20(25)9-10-21(18)28/h2-10,13-14H,11-12H2,1H3. The summed E-state index contributed by atoms with van der Waals surface area (Å²) in [5.41, 5.74) is 5.60. The molecule has 4 aromatic rings. The molecule has 5 rings (SSSR count). The van der Waals surface area contributed by atoms with Crippen molar-refractivity contribution in [3.8, 4) is 22.9 Å². The Morgan fingerprint density at radius 1 is 0.967 bits per heavy atom. The smallest absolute Gasteiger partial charge is 0.258 e. The van der Waals surface area contributed by atoms with Crippen LogP contribution in [0.5, 0.6) is 0 Å². The molecule has 0 aliphatic carbocycles. The highest BCUT2D eigenvalue weighted by molar-refractivity contribution is 9.10. The molecule has 0 saturated heterocycles. The van der Waals surface area contributed by atoms with Crippen LogP contribution < -0.4 is 4.90 Å². The van der Waals surface area contributed by atoms with E-state index in [-0.39, 0.29) is 5.91 Å². The van der Waals surface area contributed by atoms with Crippen molar-refractivity contribution in [3.05, 3.63) is 87.9 Å². The lowest BCUT2D eigenvalue weighted by Gasteiger charge is -2.17. The summed E-state index contributed by atoms with van der Waals surface area (Å²) in [5.74, 6) is 0.907. The molecule has 0 bridgehead atoms. The number of carbonyl (C=O) groups is 1. The van der Waals surface area contributed by atoms with E-state index in [0.717, 1.165) is 33.3 Å². The number of rotatable bonds is 3. The molecular weight excluding hydrogens is 442 g/mol. The van der Waals surface area contributed by atoms with Gasteiger partial charge >= 0.3 is 0 Å². The summed E-state index contributed by atoms with van der Waals surface area (Å²) >= 11 is 3.49. The summed E-state index contributed by atoms with van der Waals surface area (Å²) < 4.78 is 6.88. The van der Waals surface area contributed by atoms with Gasteiger partial charge in [0.05, 0.1) is 0 Å². The van der Waals surface area contributed by atoms with E-state index < -0.39 is 0 Å². The van der Waals surface area contributed by atoms with Gasteiger partial charge < -0.3 is 9.32 Å². The summed E-state index contributed by atoms with van der Waals surface area (Å²) in [6, 6.07) is 21.3. The zero-order chi connectivity index (χ0) is 20.7. The molecule has 1 aliphatic heterocycles. The molecule has 0 spiro atoms. The Bertz CT molecular complexity index is 1250. The minimum absolute atomic E-state index is 0.00592. The molecule has 5 nitrogen and oxygen atoms in total. The van der Waals surface area contributed by atoms with Gasteiger partial charge in [-0.15, -0.1) is 10.2 Å². The second kappa shape index (κ2) is 7.54. The predicted octanol–water partition coefficient (Wildman–Crippen LogP) is 5.68. The molecule has 148 valence electrons. The Hall–Kier alpha value is -3.25. The van der Waals surface area contributed by atoms with Gasteiger partial charge in [0.1, 0.15) is 0 Å². The van der Waals surface area contributed by atoms with Crippen LogP contribution in [0.15, 0.2) is 75.6 Å². The molecule has 0 N–H and O–H groups in total. The zero-order valence-electron chi connectivity index (χ0n) is 16.3. The van der Waals surface area contributed by atoms with Gasteiger partial charge in [0.15, 0.2) is 0 Å². The van der Waals surface area contributed by atoms with E-state index in [4.69, 9.17) is 4.42 Å². The lowest BCUT2D eigenvalue weighted by molar-refractivity contribution is 0.0989. The molecule has 3 aromatic carbocycles. The van der Waals surface area contributed by atoms with E-state index in [2.05, 4.69) is 32.2 Å². The highest BCUT2D eigenvalue weighted by atomic mass is 79.9. The minimum atomic E-state index is -0.00592. The highest BCUT2D eigenvalue weighted by Gasteiger charge is 2.25. The number of fused-ring (bicyclic) bond motifs is 1. The van der Waals surface area contributed by atoms with Crippen molar-refractivity contribution < 1.29 is 9.21 Å². The molecule has 0 radical (unpaired) electrons. The predicted molar refractivity (Wildman–Crippen MR) is 119 cm³/mol. The van der Waals surface area contributed by atoms with E-state index in [1.54, 1.807) is 0 Å². The van der Waals surface area contributed by atoms with Crippen molar-refractivity contribution in [2.24, 2.45) is 0 Å². The monoisotopic (exact) mass is 459 g/mol. The topological polar surface area (TPSA) is 59.2 Å². The Morgan fingerprint density at radius 3 is 2.50 bits per heavy atom. The first kappa shape index (κ1) is 18.8. The molecule has 0 saturated carbocycles. The summed E-state index contributed by atoms with van der Waals surface area (Å²) in [7, 11) is 0. The molecule has 0 atom stereocenters. The van der Waals surface area contributed by atoms with E-state index in [9.17, 15) is 4.79 Å². The van der Waals surface area contributed by atoms with Crippen molar-refractivity contribution >= 4 is 27.5 Å². The maximum Gasteiger partial charge on any atom is 0.258 e. The largest absolute Gasteiger partial charge is 0.416 e. The van der Waals surface area contributed by atoms with Crippen molar-refractivity contribution in [3.63, 3.8) is 0 Å². The van der Waals surface area contributed by atoms with Crippen LogP contribution in [0.4, 0.5) is 5.69 Å². The van der Waals surface area contributed by atoms with Crippen molar-refractivity contribution in [2.45, 2.75) is 13.3 Å². The van der Waals surface area contributed by atoms with Crippen molar-refractivity contribution in [1.82, 2.24) is 10.2 Å². The Kier molecular flexibility index (Phi) is 4.71. The second-order valence-corrected chi connectivity index (χ2v) is 8.25. The summed E-state index contributed by atoms with van der Waals surface area (Å²) in [5, 5.41) is 8.33. The average Bonchev–Trinajstić information content (AvgIpc) is 3.41. The third-order valence-electron chi connectivity index (χ3n) is 5.25. The molecular formula is C24H18BrN3O2. The van der Waals surface area contributed by atoms with Crippen LogP contribution in [0.1, 0.15) is 21.5 Å². The first-order valence-electron chi connectivity index (χ1n) is 9.70. The quantitative estimate of drug-likeness (QED) is 0.395. The van der Waals surface area contributed by atoms with Gasteiger partial charge in [-0.1, -0.05) is 33.6 Å². The van der Waals surface area contributed by atoms with Crippen molar-refractivity contribution in [1.29, 1.82) is 0 Å².